The van der Waals surface area contributed by atoms with Gasteiger partial charge in [-0.25, -0.2) is 4.68 Å². The van der Waals surface area contributed by atoms with Crippen LogP contribution in [0.1, 0.15) is 36.4 Å². The molecule has 0 fully saturated rings. The molecule has 180 valence electrons. The molecule has 36 heavy (non-hydrogen) atoms. The number of hydrogen-bond acceptors (Lipinski definition) is 6. The Morgan fingerprint density at radius 3 is 2.69 bits per heavy atom. The zero-order valence-electron chi connectivity index (χ0n) is 20.0. The number of Topliss-reactive ketones (excluding diaryl/α,β-unsaturated/α-hetero) is 1. The van der Waals surface area contributed by atoms with Crippen molar-refractivity contribution in [2.45, 2.75) is 31.9 Å². The number of methoxy groups -OCH3 is 1. The van der Waals surface area contributed by atoms with Crippen LogP contribution in [-0.4, -0.2) is 27.7 Å². The Balaban J connectivity index is 1.41. The van der Waals surface area contributed by atoms with Gasteiger partial charge in [0.2, 0.25) is 5.95 Å². The Kier molecular flexibility index (Phi) is 5.73. The lowest BCUT2D eigenvalue weighted by atomic mass is 9.85. The summed E-state index contributed by atoms with van der Waals surface area (Å²) in [5.74, 6) is 2.74. The fourth-order valence-corrected chi connectivity index (χ4v) is 4.92. The first-order valence-electron chi connectivity index (χ1n) is 12.1. The van der Waals surface area contributed by atoms with Gasteiger partial charge in [0.15, 0.2) is 11.6 Å². The van der Waals surface area contributed by atoms with E-state index in [4.69, 9.17) is 19.6 Å². The summed E-state index contributed by atoms with van der Waals surface area (Å²) < 4.78 is 13.5. The molecule has 0 amide bonds. The van der Waals surface area contributed by atoms with Crippen molar-refractivity contribution in [1.29, 1.82) is 0 Å². The van der Waals surface area contributed by atoms with E-state index in [1.165, 1.54) is 0 Å². The van der Waals surface area contributed by atoms with Crippen LogP contribution in [0.5, 0.6) is 11.5 Å². The van der Waals surface area contributed by atoms with E-state index in [-0.39, 0.29) is 11.8 Å². The molecule has 0 radical (unpaired) electrons. The third-order valence-corrected chi connectivity index (χ3v) is 6.64. The van der Waals surface area contributed by atoms with Gasteiger partial charge < -0.3 is 14.8 Å². The van der Waals surface area contributed by atoms with Crippen LogP contribution in [-0.2, 0) is 11.4 Å². The smallest absolute Gasteiger partial charge is 0.226 e. The van der Waals surface area contributed by atoms with Gasteiger partial charge in [-0.15, -0.1) is 5.10 Å². The first-order chi connectivity index (χ1) is 17.7. The van der Waals surface area contributed by atoms with Crippen LogP contribution >= 0.6 is 0 Å². The van der Waals surface area contributed by atoms with Crippen molar-refractivity contribution in [2.75, 3.05) is 12.4 Å². The van der Waals surface area contributed by atoms with Gasteiger partial charge in [0.25, 0.3) is 0 Å². The zero-order chi connectivity index (χ0) is 24.5. The van der Waals surface area contributed by atoms with E-state index >= 15 is 0 Å². The van der Waals surface area contributed by atoms with Gasteiger partial charge in [-0.1, -0.05) is 54.6 Å². The maximum absolute atomic E-state index is 13.2. The molecule has 1 aliphatic heterocycles. The average Bonchev–Trinajstić information content (AvgIpc) is 3.35. The highest BCUT2D eigenvalue weighted by Crippen LogP contribution is 2.42. The number of ketones is 1. The second kappa shape index (κ2) is 9.34. The molecule has 1 N–H and O–H groups in total. The molecule has 4 aromatic rings. The fraction of sp³-hybridized carbons (Fsp3) is 0.207. The number of nitrogens with zero attached hydrogens (tertiary/aromatic N) is 3. The van der Waals surface area contributed by atoms with E-state index in [0.29, 0.717) is 30.5 Å². The minimum absolute atomic E-state index is 0.143. The number of anilines is 1. The van der Waals surface area contributed by atoms with Crippen LogP contribution in [0.3, 0.4) is 0 Å². The third kappa shape index (κ3) is 4.02. The Morgan fingerprint density at radius 2 is 1.83 bits per heavy atom. The van der Waals surface area contributed by atoms with Crippen molar-refractivity contribution < 1.29 is 14.3 Å². The lowest BCUT2D eigenvalue weighted by molar-refractivity contribution is -0.116. The molecule has 3 aromatic carbocycles. The molecule has 0 spiro atoms. The molecule has 1 aliphatic carbocycles. The van der Waals surface area contributed by atoms with E-state index in [0.717, 1.165) is 46.6 Å². The van der Waals surface area contributed by atoms with Crippen LogP contribution in [0.25, 0.3) is 11.4 Å². The number of hydrogen-bond donors (Lipinski definition) is 1. The highest BCUT2D eigenvalue weighted by molar-refractivity contribution is 5.99. The number of para-hydroxylation sites is 1. The number of nitrogens with one attached hydrogen (secondary N) is 1. The van der Waals surface area contributed by atoms with Gasteiger partial charge in [0, 0.05) is 17.7 Å². The van der Waals surface area contributed by atoms with Crippen molar-refractivity contribution in [3.8, 4) is 22.9 Å². The topological polar surface area (TPSA) is 78.3 Å². The number of allylic oxidation sites excluding steroid dienone is 2. The van der Waals surface area contributed by atoms with Gasteiger partial charge in [-0.3, -0.25) is 4.79 Å². The minimum atomic E-state index is -0.389. The molecule has 6 rings (SSSR count). The zero-order valence-corrected chi connectivity index (χ0v) is 20.0. The van der Waals surface area contributed by atoms with Crippen molar-refractivity contribution >= 4 is 11.7 Å². The predicted molar refractivity (Wildman–Crippen MR) is 137 cm³/mol. The second-order valence-electron chi connectivity index (χ2n) is 8.95. The van der Waals surface area contributed by atoms with Crippen LogP contribution in [0.15, 0.2) is 90.1 Å². The quantitative estimate of drug-likeness (QED) is 0.391. The lowest BCUT2D eigenvalue weighted by Gasteiger charge is -2.32. The van der Waals surface area contributed by atoms with E-state index in [2.05, 4.69) is 5.32 Å². The number of carbonyl (C=O) groups excluding carboxylic acids is 1. The van der Waals surface area contributed by atoms with Gasteiger partial charge in [-0.05, 0) is 48.2 Å². The molecule has 0 saturated heterocycles. The molecule has 0 bridgehead atoms. The highest BCUT2D eigenvalue weighted by atomic mass is 16.5. The molecule has 2 aliphatic rings. The summed E-state index contributed by atoms with van der Waals surface area (Å²) in [5.41, 5.74) is 4.51. The second-order valence-corrected chi connectivity index (χ2v) is 8.95. The molecule has 1 unspecified atom stereocenters. The van der Waals surface area contributed by atoms with E-state index in [1.54, 1.807) is 7.11 Å². The molecular formula is C29H26N4O3. The Labute approximate surface area is 209 Å². The van der Waals surface area contributed by atoms with Crippen molar-refractivity contribution in [1.82, 2.24) is 14.8 Å². The summed E-state index contributed by atoms with van der Waals surface area (Å²) in [6.45, 7) is 0.468. The van der Waals surface area contributed by atoms with Gasteiger partial charge in [0.05, 0.1) is 12.7 Å². The first-order valence-corrected chi connectivity index (χ1v) is 12.1. The summed E-state index contributed by atoms with van der Waals surface area (Å²) in [5, 5.41) is 8.27. The lowest BCUT2D eigenvalue weighted by Crippen LogP contribution is -2.31. The van der Waals surface area contributed by atoms with E-state index in [9.17, 15) is 4.79 Å². The minimum Gasteiger partial charge on any atom is -0.496 e. The summed E-state index contributed by atoms with van der Waals surface area (Å²) in [6.07, 6.45) is 2.16. The Morgan fingerprint density at radius 1 is 1.00 bits per heavy atom. The van der Waals surface area contributed by atoms with Crippen molar-refractivity contribution in [3.63, 3.8) is 0 Å². The molecule has 7 heteroatoms. The predicted octanol–water partition coefficient (Wildman–Crippen LogP) is 5.55. The van der Waals surface area contributed by atoms with E-state index < -0.39 is 0 Å². The average molecular weight is 479 g/mol. The summed E-state index contributed by atoms with van der Waals surface area (Å²) in [6, 6.07) is 25.3. The summed E-state index contributed by atoms with van der Waals surface area (Å²) >= 11 is 0. The Bertz CT molecular complexity index is 1460. The van der Waals surface area contributed by atoms with Crippen molar-refractivity contribution in [2.24, 2.45) is 0 Å². The SMILES string of the molecule is COc1ccccc1-c1nc2n(n1)C(c1cccc(OCc3ccccc3)c1)C1=C(CCCC1=O)N2. The molecule has 2 heterocycles. The van der Waals surface area contributed by atoms with Crippen LogP contribution in [0.2, 0.25) is 0 Å². The number of carbonyl (C=O) groups is 1. The molecule has 0 saturated carbocycles. The maximum Gasteiger partial charge on any atom is 0.226 e. The number of aromatic nitrogens is 3. The van der Waals surface area contributed by atoms with Gasteiger partial charge in [0.1, 0.15) is 24.1 Å². The molecular weight excluding hydrogens is 452 g/mol. The highest BCUT2D eigenvalue weighted by Gasteiger charge is 2.37. The van der Waals surface area contributed by atoms with Crippen LogP contribution < -0.4 is 14.8 Å². The fourth-order valence-electron chi connectivity index (χ4n) is 4.92. The first kappa shape index (κ1) is 22.1. The normalized spacial score (nSPS) is 16.7. The third-order valence-electron chi connectivity index (χ3n) is 6.64. The van der Waals surface area contributed by atoms with Crippen LogP contribution in [0.4, 0.5) is 5.95 Å². The van der Waals surface area contributed by atoms with Gasteiger partial charge in [-0.2, -0.15) is 4.98 Å². The van der Waals surface area contributed by atoms with Crippen LogP contribution in [0, 0.1) is 0 Å². The Hall–Kier alpha value is -4.39. The molecule has 7 nitrogen and oxygen atoms in total. The largest absolute Gasteiger partial charge is 0.496 e. The standard InChI is InChI=1S/C29H26N4O3/c1-35-25-16-6-5-13-22(25)28-31-29-30-23-14-8-15-24(34)26(23)27(33(29)32-28)20-11-7-12-21(17-20)36-18-19-9-3-2-4-10-19/h2-7,9-13,16-17,27H,8,14-15,18H2,1H3,(H,30,31,32). The number of benzene rings is 3. The number of ether oxygens (including phenoxy) is 2. The maximum atomic E-state index is 13.2. The molecule has 1 atom stereocenters. The van der Waals surface area contributed by atoms with Gasteiger partial charge >= 0.3 is 0 Å². The molecule has 1 aromatic heterocycles. The summed E-state index contributed by atoms with van der Waals surface area (Å²) in [7, 11) is 1.63. The number of rotatable bonds is 6. The number of fused-ring (bicyclic) bond motifs is 1. The van der Waals surface area contributed by atoms with Crippen molar-refractivity contribution in [3.05, 3.63) is 101 Å². The van der Waals surface area contributed by atoms with E-state index in [1.807, 2.05) is 83.5 Å². The summed E-state index contributed by atoms with van der Waals surface area (Å²) in [4.78, 5) is 18.0. The monoisotopic (exact) mass is 478 g/mol.